The van der Waals surface area contributed by atoms with Crippen LogP contribution in [0.15, 0.2) is 70.4 Å². The van der Waals surface area contributed by atoms with E-state index in [-0.39, 0.29) is 12.1 Å². The first-order chi connectivity index (χ1) is 15.1. The van der Waals surface area contributed by atoms with Gasteiger partial charge in [0.1, 0.15) is 24.0 Å². The fourth-order valence-electron chi connectivity index (χ4n) is 3.15. The average Bonchev–Trinajstić information content (AvgIpc) is 3.44. The Bertz CT molecular complexity index is 1420. The number of hydrogen-bond donors (Lipinski definition) is 0. The molecule has 5 aromatic rings. The molecule has 0 saturated heterocycles. The van der Waals surface area contributed by atoms with Gasteiger partial charge in [0.25, 0.3) is 5.56 Å². The number of halogens is 1. The largest absolute Gasteiger partial charge is 0.497 e. The number of rotatable bonds is 5. The Hall–Kier alpha value is -3.98. The first-order valence-electron chi connectivity index (χ1n) is 9.28. The molecule has 0 aliphatic heterocycles. The van der Waals surface area contributed by atoms with Gasteiger partial charge in [-0.1, -0.05) is 16.8 Å². The Kier molecular flexibility index (Phi) is 4.72. The number of ether oxygens (including phenoxy) is 1. The number of fused-ring (bicyclic) bond motifs is 1. The van der Waals surface area contributed by atoms with E-state index in [4.69, 9.17) is 20.9 Å². The zero-order valence-corrected chi connectivity index (χ0v) is 17.0. The molecule has 3 aromatic heterocycles. The topological polar surface area (TPSA) is 101 Å². The minimum atomic E-state index is -0.255. The summed E-state index contributed by atoms with van der Waals surface area (Å²) in [6.45, 7) is 0.0943. The Morgan fingerprint density at radius 3 is 2.61 bits per heavy atom. The van der Waals surface area contributed by atoms with Gasteiger partial charge in [-0.05, 0) is 48.5 Å². The Morgan fingerprint density at radius 1 is 1.10 bits per heavy atom. The molecule has 2 aromatic carbocycles. The van der Waals surface area contributed by atoms with E-state index in [1.54, 1.807) is 36.1 Å². The lowest BCUT2D eigenvalue weighted by molar-refractivity contribution is 0.369. The Balaban J connectivity index is 1.43. The lowest BCUT2D eigenvalue weighted by Gasteiger charge is -2.04. The summed E-state index contributed by atoms with van der Waals surface area (Å²) in [6, 6.07) is 14.4. The number of hydrogen-bond acceptors (Lipinski definition) is 7. The van der Waals surface area contributed by atoms with E-state index in [2.05, 4.69) is 20.2 Å². The van der Waals surface area contributed by atoms with Crippen molar-refractivity contribution >= 4 is 22.6 Å². The van der Waals surface area contributed by atoms with Crippen molar-refractivity contribution in [2.24, 2.45) is 0 Å². The zero-order chi connectivity index (χ0) is 21.4. The molecular weight excluding hydrogens is 420 g/mol. The normalized spacial score (nSPS) is 11.2. The molecule has 0 spiro atoms. The number of benzene rings is 2. The monoisotopic (exact) mass is 434 g/mol. The highest BCUT2D eigenvalue weighted by molar-refractivity contribution is 6.30. The Morgan fingerprint density at radius 2 is 1.87 bits per heavy atom. The SMILES string of the molecule is COc1ccc(-c2noc(Cn3cnc4c(cnn4-c4ccc(Cl)cc4)c3=O)n2)cc1. The van der Waals surface area contributed by atoms with Crippen molar-refractivity contribution in [1.82, 2.24) is 29.5 Å². The van der Waals surface area contributed by atoms with Gasteiger partial charge in [0.05, 0.1) is 19.0 Å². The molecule has 0 saturated carbocycles. The van der Waals surface area contributed by atoms with Crippen molar-refractivity contribution in [2.45, 2.75) is 6.54 Å². The van der Waals surface area contributed by atoms with Crippen molar-refractivity contribution in [3.63, 3.8) is 0 Å². The molecule has 31 heavy (non-hydrogen) atoms. The van der Waals surface area contributed by atoms with Crippen molar-refractivity contribution in [3.8, 4) is 22.8 Å². The molecule has 0 atom stereocenters. The van der Waals surface area contributed by atoms with E-state index >= 15 is 0 Å². The second-order valence-electron chi connectivity index (χ2n) is 6.69. The third kappa shape index (κ3) is 3.55. The number of aromatic nitrogens is 6. The third-order valence-corrected chi connectivity index (χ3v) is 5.00. The first-order valence-corrected chi connectivity index (χ1v) is 9.66. The molecule has 0 aliphatic rings. The summed E-state index contributed by atoms with van der Waals surface area (Å²) in [6.07, 6.45) is 2.93. The van der Waals surface area contributed by atoms with E-state index in [1.165, 1.54) is 17.1 Å². The van der Waals surface area contributed by atoms with Gasteiger partial charge in [0.15, 0.2) is 5.65 Å². The van der Waals surface area contributed by atoms with Crippen LogP contribution in [0.5, 0.6) is 5.75 Å². The van der Waals surface area contributed by atoms with E-state index < -0.39 is 0 Å². The fourth-order valence-corrected chi connectivity index (χ4v) is 3.28. The zero-order valence-electron chi connectivity index (χ0n) is 16.3. The second kappa shape index (κ2) is 7.69. The van der Waals surface area contributed by atoms with E-state index in [0.29, 0.717) is 27.8 Å². The van der Waals surface area contributed by atoms with Gasteiger partial charge in [-0.25, -0.2) is 9.67 Å². The molecule has 5 rings (SSSR count). The summed E-state index contributed by atoms with van der Waals surface area (Å²) in [5.41, 5.74) is 1.73. The summed E-state index contributed by atoms with van der Waals surface area (Å²) in [7, 11) is 1.60. The van der Waals surface area contributed by atoms with Crippen molar-refractivity contribution in [1.29, 1.82) is 0 Å². The van der Waals surface area contributed by atoms with Gasteiger partial charge >= 0.3 is 0 Å². The summed E-state index contributed by atoms with van der Waals surface area (Å²) in [4.78, 5) is 21.7. The van der Waals surface area contributed by atoms with Crippen LogP contribution >= 0.6 is 11.6 Å². The lowest BCUT2D eigenvalue weighted by atomic mass is 10.2. The molecule has 0 aliphatic carbocycles. The summed E-state index contributed by atoms with van der Waals surface area (Å²) >= 11 is 5.94. The average molecular weight is 435 g/mol. The minimum absolute atomic E-state index is 0.0943. The van der Waals surface area contributed by atoms with Gasteiger partial charge in [0, 0.05) is 10.6 Å². The Labute approximate surface area is 180 Å². The van der Waals surface area contributed by atoms with Gasteiger partial charge in [-0.2, -0.15) is 10.1 Å². The molecule has 0 fully saturated rings. The quantitative estimate of drug-likeness (QED) is 0.418. The van der Waals surface area contributed by atoms with Crippen molar-refractivity contribution < 1.29 is 9.26 Å². The predicted molar refractivity (Wildman–Crippen MR) is 114 cm³/mol. The minimum Gasteiger partial charge on any atom is -0.497 e. The molecule has 0 bridgehead atoms. The highest BCUT2D eigenvalue weighted by atomic mass is 35.5. The van der Waals surface area contributed by atoms with Crippen LogP contribution in [0, 0.1) is 0 Å². The second-order valence-corrected chi connectivity index (χ2v) is 7.12. The van der Waals surface area contributed by atoms with Gasteiger partial charge in [0.2, 0.25) is 11.7 Å². The highest BCUT2D eigenvalue weighted by Gasteiger charge is 2.14. The summed E-state index contributed by atoms with van der Waals surface area (Å²) in [5.74, 6) is 1.45. The van der Waals surface area contributed by atoms with Crippen LogP contribution in [0.25, 0.3) is 28.1 Å². The van der Waals surface area contributed by atoms with E-state index in [0.717, 1.165) is 17.0 Å². The number of nitrogens with zero attached hydrogens (tertiary/aromatic N) is 6. The summed E-state index contributed by atoms with van der Waals surface area (Å²) < 4.78 is 13.5. The lowest BCUT2D eigenvalue weighted by Crippen LogP contribution is -2.21. The maximum Gasteiger partial charge on any atom is 0.264 e. The molecule has 0 radical (unpaired) electrons. The van der Waals surface area contributed by atoms with Crippen molar-refractivity contribution in [3.05, 3.63) is 82.3 Å². The van der Waals surface area contributed by atoms with Crippen LogP contribution in [0.2, 0.25) is 5.02 Å². The molecule has 154 valence electrons. The third-order valence-electron chi connectivity index (χ3n) is 4.75. The van der Waals surface area contributed by atoms with Crippen LogP contribution in [0.3, 0.4) is 0 Å². The number of methoxy groups -OCH3 is 1. The standard InChI is InChI=1S/C21H15ClN6O3/c1-30-16-8-2-13(3-9-16)19-25-18(31-26-19)11-27-12-23-20-17(21(27)29)10-24-28(20)15-6-4-14(22)5-7-15/h2-10,12H,11H2,1H3. The maximum atomic E-state index is 12.9. The molecule has 10 heteroatoms. The smallest absolute Gasteiger partial charge is 0.264 e. The van der Waals surface area contributed by atoms with E-state index in [1.807, 2.05) is 24.3 Å². The molecule has 9 nitrogen and oxygen atoms in total. The van der Waals surface area contributed by atoms with Gasteiger partial charge in [-0.3, -0.25) is 9.36 Å². The van der Waals surface area contributed by atoms with Crippen LogP contribution in [-0.2, 0) is 6.54 Å². The molecule has 0 unspecified atom stereocenters. The molecule has 3 heterocycles. The predicted octanol–water partition coefficient (Wildman–Crippen LogP) is 3.34. The van der Waals surface area contributed by atoms with Gasteiger partial charge < -0.3 is 9.26 Å². The molecule has 0 amide bonds. The van der Waals surface area contributed by atoms with Crippen LogP contribution in [0.4, 0.5) is 0 Å². The van der Waals surface area contributed by atoms with E-state index in [9.17, 15) is 4.79 Å². The fraction of sp³-hybridized carbons (Fsp3) is 0.0952. The van der Waals surface area contributed by atoms with Crippen molar-refractivity contribution in [2.75, 3.05) is 7.11 Å². The maximum absolute atomic E-state index is 12.9. The van der Waals surface area contributed by atoms with Crippen LogP contribution in [-0.4, -0.2) is 36.6 Å². The summed E-state index contributed by atoms with van der Waals surface area (Å²) in [5, 5.41) is 9.29. The molecular formula is C21H15ClN6O3. The first kappa shape index (κ1) is 19.0. The highest BCUT2D eigenvalue weighted by Crippen LogP contribution is 2.20. The van der Waals surface area contributed by atoms with Crippen LogP contribution in [0.1, 0.15) is 5.89 Å². The van der Waals surface area contributed by atoms with Gasteiger partial charge in [-0.15, -0.1) is 0 Å². The van der Waals surface area contributed by atoms with Crippen LogP contribution < -0.4 is 10.3 Å². The molecule has 0 N–H and O–H groups in total.